The fourth-order valence-electron chi connectivity index (χ4n) is 3.18. The number of pyridine rings is 1. The average molecular weight is 384 g/mol. The SMILES string of the molecule is CB(O)[C@H](CC(C)C)NC(=O)[C@@H](CC(=O)c1ccc2ccccc2n1)[C@@H](C)O. The predicted molar refractivity (Wildman–Crippen MR) is 111 cm³/mol. The number of benzene rings is 1. The zero-order chi connectivity index (χ0) is 20.8. The highest BCUT2D eigenvalue weighted by Crippen LogP contribution is 2.18. The number of aliphatic hydroxyl groups excluding tert-OH is 1. The molecule has 28 heavy (non-hydrogen) atoms. The maximum Gasteiger partial charge on any atom is 0.308 e. The van der Waals surface area contributed by atoms with Gasteiger partial charge in [-0.15, -0.1) is 0 Å². The van der Waals surface area contributed by atoms with Gasteiger partial charge in [-0.3, -0.25) is 9.59 Å². The van der Waals surface area contributed by atoms with Crippen LogP contribution in [0.3, 0.4) is 0 Å². The number of nitrogens with zero attached hydrogens (tertiary/aromatic N) is 1. The highest BCUT2D eigenvalue weighted by Gasteiger charge is 2.31. The molecule has 1 aromatic carbocycles. The van der Waals surface area contributed by atoms with Crippen molar-refractivity contribution in [3.8, 4) is 0 Å². The quantitative estimate of drug-likeness (QED) is 0.456. The largest absolute Gasteiger partial charge is 0.449 e. The normalized spacial score (nSPS) is 14.5. The smallest absolute Gasteiger partial charge is 0.308 e. The van der Waals surface area contributed by atoms with E-state index in [4.69, 9.17) is 0 Å². The monoisotopic (exact) mass is 384 g/mol. The Morgan fingerprint density at radius 3 is 2.43 bits per heavy atom. The molecule has 0 aliphatic carbocycles. The van der Waals surface area contributed by atoms with Crippen molar-refractivity contribution in [3.63, 3.8) is 0 Å². The maximum atomic E-state index is 12.7. The summed E-state index contributed by atoms with van der Waals surface area (Å²) in [6.07, 6.45) is -0.544. The third-order valence-electron chi connectivity index (χ3n) is 4.84. The lowest BCUT2D eigenvalue weighted by molar-refractivity contribution is -0.128. The third kappa shape index (κ3) is 5.88. The van der Waals surface area contributed by atoms with Crippen LogP contribution >= 0.6 is 0 Å². The molecule has 1 aromatic heterocycles. The fourth-order valence-corrected chi connectivity index (χ4v) is 3.18. The summed E-state index contributed by atoms with van der Waals surface area (Å²) in [5, 5.41) is 23.7. The Hall–Kier alpha value is -2.25. The molecule has 0 spiro atoms. The Morgan fingerprint density at radius 2 is 1.82 bits per heavy atom. The van der Waals surface area contributed by atoms with E-state index in [1.165, 1.54) is 6.92 Å². The van der Waals surface area contributed by atoms with Crippen LogP contribution in [0.15, 0.2) is 36.4 Å². The Kier molecular flexibility index (Phi) is 7.72. The van der Waals surface area contributed by atoms with Gasteiger partial charge >= 0.3 is 6.92 Å². The summed E-state index contributed by atoms with van der Waals surface area (Å²) in [4.78, 5) is 29.8. The lowest BCUT2D eigenvalue weighted by Crippen LogP contribution is -2.49. The number of ketones is 1. The Morgan fingerprint density at radius 1 is 1.14 bits per heavy atom. The molecule has 3 atom stereocenters. The first-order valence-corrected chi connectivity index (χ1v) is 9.74. The van der Waals surface area contributed by atoms with Gasteiger partial charge < -0.3 is 15.4 Å². The van der Waals surface area contributed by atoms with Crippen LogP contribution in [0.4, 0.5) is 0 Å². The second-order valence-corrected chi connectivity index (χ2v) is 7.85. The van der Waals surface area contributed by atoms with E-state index in [2.05, 4.69) is 10.3 Å². The molecule has 0 aliphatic rings. The van der Waals surface area contributed by atoms with Crippen molar-refractivity contribution < 1.29 is 19.7 Å². The Balaban J connectivity index is 2.13. The van der Waals surface area contributed by atoms with Crippen molar-refractivity contribution in [1.29, 1.82) is 0 Å². The summed E-state index contributed by atoms with van der Waals surface area (Å²) in [7, 11) is 0. The van der Waals surface area contributed by atoms with Crippen molar-refractivity contribution in [1.82, 2.24) is 10.3 Å². The van der Waals surface area contributed by atoms with Crippen molar-refractivity contribution in [2.75, 3.05) is 0 Å². The van der Waals surface area contributed by atoms with Gasteiger partial charge in [0.2, 0.25) is 5.91 Å². The van der Waals surface area contributed by atoms with Crippen LogP contribution in [-0.2, 0) is 4.79 Å². The summed E-state index contributed by atoms with van der Waals surface area (Å²) >= 11 is 0. The first kappa shape index (κ1) is 22.0. The fraction of sp³-hybridized carbons (Fsp3) is 0.476. The van der Waals surface area contributed by atoms with E-state index in [0.717, 1.165) is 5.39 Å². The Bertz CT molecular complexity index is 823. The number of para-hydroxylation sites is 1. The third-order valence-corrected chi connectivity index (χ3v) is 4.84. The van der Waals surface area contributed by atoms with Crippen molar-refractivity contribution in [2.45, 2.75) is 52.5 Å². The van der Waals surface area contributed by atoms with Crippen molar-refractivity contribution in [3.05, 3.63) is 42.1 Å². The van der Waals surface area contributed by atoms with Crippen LogP contribution in [0.5, 0.6) is 0 Å². The van der Waals surface area contributed by atoms with E-state index < -0.39 is 30.8 Å². The second kappa shape index (κ2) is 9.80. The molecule has 0 fully saturated rings. The van der Waals surface area contributed by atoms with Gasteiger partial charge in [0.25, 0.3) is 0 Å². The lowest BCUT2D eigenvalue weighted by atomic mass is 9.61. The van der Waals surface area contributed by atoms with Gasteiger partial charge in [-0.2, -0.15) is 0 Å². The molecule has 0 unspecified atom stereocenters. The summed E-state index contributed by atoms with van der Waals surface area (Å²) < 4.78 is 0. The van der Waals surface area contributed by atoms with Gasteiger partial charge in [-0.25, -0.2) is 4.98 Å². The number of fused-ring (bicyclic) bond motifs is 1. The average Bonchev–Trinajstić information content (AvgIpc) is 2.64. The summed E-state index contributed by atoms with van der Waals surface area (Å²) in [6.45, 7) is 6.39. The van der Waals surface area contributed by atoms with Gasteiger partial charge in [-0.05, 0) is 31.4 Å². The number of hydrogen-bond acceptors (Lipinski definition) is 5. The summed E-state index contributed by atoms with van der Waals surface area (Å²) in [5.74, 6) is -1.79. The Labute approximate surface area is 166 Å². The molecule has 0 aliphatic heterocycles. The molecule has 7 heteroatoms. The number of rotatable bonds is 9. The van der Waals surface area contributed by atoms with E-state index >= 15 is 0 Å². The van der Waals surface area contributed by atoms with E-state index in [0.29, 0.717) is 11.9 Å². The number of nitrogens with one attached hydrogen (secondary N) is 1. The number of aliphatic hydroxyl groups is 1. The molecule has 0 radical (unpaired) electrons. The number of carbonyl (C=O) groups is 2. The highest BCUT2D eigenvalue weighted by atomic mass is 16.3. The molecule has 1 amide bonds. The molecule has 0 saturated heterocycles. The van der Waals surface area contributed by atoms with Gasteiger partial charge in [0.05, 0.1) is 17.5 Å². The molecule has 0 bridgehead atoms. The zero-order valence-corrected chi connectivity index (χ0v) is 16.9. The number of amides is 1. The van der Waals surface area contributed by atoms with Crippen LogP contribution in [-0.4, -0.2) is 45.8 Å². The molecule has 2 rings (SSSR count). The minimum Gasteiger partial charge on any atom is -0.449 e. The van der Waals surface area contributed by atoms with Crippen molar-refractivity contribution >= 4 is 29.5 Å². The molecule has 150 valence electrons. The molecule has 2 aromatic rings. The lowest BCUT2D eigenvalue weighted by Gasteiger charge is -2.25. The van der Waals surface area contributed by atoms with E-state index in [-0.39, 0.29) is 23.8 Å². The number of hydrogen-bond donors (Lipinski definition) is 3. The molecule has 1 heterocycles. The topological polar surface area (TPSA) is 99.5 Å². The van der Waals surface area contributed by atoms with Gasteiger partial charge in [0, 0.05) is 17.7 Å². The molecular formula is C21H29BN2O4. The van der Waals surface area contributed by atoms with Crippen molar-refractivity contribution in [2.24, 2.45) is 11.8 Å². The van der Waals surface area contributed by atoms with Crippen LogP contribution in [0.1, 0.15) is 44.1 Å². The second-order valence-electron chi connectivity index (χ2n) is 7.85. The van der Waals surface area contributed by atoms with Gasteiger partial charge in [0.1, 0.15) is 5.69 Å². The van der Waals surface area contributed by atoms with Gasteiger partial charge in [-0.1, -0.05) is 44.9 Å². The summed E-state index contributed by atoms with van der Waals surface area (Å²) in [6, 6.07) is 10.9. The van der Waals surface area contributed by atoms with E-state index in [9.17, 15) is 19.7 Å². The van der Waals surface area contributed by atoms with Crippen LogP contribution in [0.25, 0.3) is 10.9 Å². The summed E-state index contributed by atoms with van der Waals surface area (Å²) in [5.41, 5.74) is 0.976. The number of aromatic nitrogens is 1. The molecule has 6 nitrogen and oxygen atoms in total. The molecular weight excluding hydrogens is 355 g/mol. The molecule has 0 saturated carbocycles. The van der Waals surface area contributed by atoms with Gasteiger partial charge in [0.15, 0.2) is 5.78 Å². The zero-order valence-electron chi connectivity index (χ0n) is 16.9. The first-order chi connectivity index (χ1) is 13.2. The molecule has 3 N–H and O–H groups in total. The standard InChI is InChI=1S/C21H29BN2O4/c1-13(2)11-20(22(4)28)24-21(27)16(14(3)25)12-19(26)18-10-9-15-7-5-6-8-17(15)23-18/h5-10,13-14,16,20,25,28H,11-12H2,1-4H3,(H,24,27)/t14-,16+,20+/m1/s1. The van der Waals surface area contributed by atoms with Crippen LogP contribution in [0.2, 0.25) is 6.82 Å². The first-order valence-electron chi connectivity index (χ1n) is 9.74. The maximum absolute atomic E-state index is 12.7. The van der Waals surface area contributed by atoms with E-state index in [1.54, 1.807) is 12.9 Å². The number of Topliss-reactive ketones (excluding diaryl/α,β-unsaturated/α-hetero) is 1. The highest BCUT2D eigenvalue weighted by molar-refractivity contribution is 6.51. The minimum atomic E-state index is -1.00. The van der Waals surface area contributed by atoms with Crippen LogP contribution < -0.4 is 5.32 Å². The van der Waals surface area contributed by atoms with Crippen LogP contribution in [0, 0.1) is 11.8 Å². The van der Waals surface area contributed by atoms with E-state index in [1.807, 2.05) is 44.2 Å². The minimum absolute atomic E-state index is 0.150. The predicted octanol–water partition coefficient (Wildman–Crippen LogP) is 2.49. The number of carbonyl (C=O) groups excluding carboxylic acids is 2.